The third-order valence-corrected chi connectivity index (χ3v) is 6.43. The summed E-state index contributed by atoms with van der Waals surface area (Å²) in [5.41, 5.74) is 2.00. The Morgan fingerprint density at radius 2 is 1.88 bits per heavy atom. The number of piperazine rings is 1. The molecule has 1 aromatic rings. The van der Waals surface area contributed by atoms with Crippen LogP contribution in [0.5, 0.6) is 5.75 Å². The van der Waals surface area contributed by atoms with Crippen molar-refractivity contribution in [3.8, 4) is 5.75 Å². The van der Waals surface area contributed by atoms with Crippen molar-refractivity contribution in [1.29, 1.82) is 0 Å². The van der Waals surface area contributed by atoms with Crippen LogP contribution in [0.2, 0.25) is 0 Å². The summed E-state index contributed by atoms with van der Waals surface area (Å²) in [4.78, 5) is 2.71. The summed E-state index contributed by atoms with van der Waals surface area (Å²) in [6.07, 6.45) is 3.82. The zero-order chi connectivity index (χ0) is 17.0. The molecule has 1 aromatic carbocycles. The Morgan fingerprint density at radius 1 is 1.17 bits per heavy atom. The highest BCUT2D eigenvalue weighted by Crippen LogP contribution is 2.34. The minimum atomic E-state index is -3.48. The van der Waals surface area contributed by atoms with Gasteiger partial charge in [0.25, 0.3) is 0 Å². The standard InChI is InChI=1S/C17H27N3O3S/c1-23-16-6-7-17(15-5-3-2-4-14(15)16)24(21,22)19-10-13-20-11-8-18-9-12-20/h6-7,18-19H,2-5,8-13H2,1H3. The third-order valence-electron chi connectivity index (χ3n) is 4.89. The number of fused-ring (bicyclic) bond motifs is 1. The van der Waals surface area contributed by atoms with Crippen LogP contribution in [-0.2, 0) is 22.9 Å². The van der Waals surface area contributed by atoms with Gasteiger partial charge in [0.1, 0.15) is 5.75 Å². The Labute approximate surface area is 144 Å². The summed E-state index contributed by atoms with van der Waals surface area (Å²) in [5, 5.41) is 3.30. The van der Waals surface area contributed by atoms with Gasteiger partial charge in [-0.3, -0.25) is 4.90 Å². The van der Waals surface area contributed by atoms with Crippen LogP contribution in [0.4, 0.5) is 0 Å². The van der Waals surface area contributed by atoms with Gasteiger partial charge in [0.05, 0.1) is 12.0 Å². The molecule has 0 radical (unpaired) electrons. The molecule has 0 bridgehead atoms. The Hall–Kier alpha value is -1.15. The first-order valence-electron chi connectivity index (χ1n) is 8.73. The zero-order valence-corrected chi connectivity index (χ0v) is 15.1. The molecule has 7 heteroatoms. The van der Waals surface area contributed by atoms with E-state index in [9.17, 15) is 8.42 Å². The van der Waals surface area contributed by atoms with E-state index in [4.69, 9.17) is 4.74 Å². The van der Waals surface area contributed by atoms with Gasteiger partial charge in [-0.2, -0.15) is 0 Å². The molecule has 1 aliphatic heterocycles. The highest BCUT2D eigenvalue weighted by atomic mass is 32.2. The molecule has 0 unspecified atom stereocenters. The van der Waals surface area contributed by atoms with Gasteiger partial charge in [-0.05, 0) is 48.9 Å². The fourth-order valence-electron chi connectivity index (χ4n) is 3.60. The van der Waals surface area contributed by atoms with Crippen LogP contribution in [0.3, 0.4) is 0 Å². The molecule has 1 aliphatic carbocycles. The summed E-state index contributed by atoms with van der Waals surface area (Å²) in [7, 11) is -1.83. The van der Waals surface area contributed by atoms with E-state index in [0.29, 0.717) is 11.4 Å². The van der Waals surface area contributed by atoms with Gasteiger partial charge >= 0.3 is 0 Å². The second kappa shape index (κ2) is 7.82. The predicted octanol–water partition coefficient (Wildman–Crippen LogP) is 0.758. The number of hydrogen-bond acceptors (Lipinski definition) is 5. The van der Waals surface area contributed by atoms with Gasteiger partial charge in [-0.1, -0.05) is 0 Å². The van der Waals surface area contributed by atoms with E-state index in [0.717, 1.165) is 75.3 Å². The summed E-state index contributed by atoms with van der Waals surface area (Å²) >= 11 is 0. The Balaban J connectivity index is 1.72. The highest BCUT2D eigenvalue weighted by Gasteiger charge is 2.25. The molecule has 0 spiro atoms. The van der Waals surface area contributed by atoms with Gasteiger partial charge in [0.2, 0.25) is 10.0 Å². The van der Waals surface area contributed by atoms with Crippen LogP contribution in [0.15, 0.2) is 17.0 Å². The normalized spacial score (nSPS) is 19.0. The van der Waals surface area contributed by atoms with Crippen LogP contribution in [0.1, 0.15) is 24.0 Å². The topological polar surface area (TPSA) is 70.7 Å². The predicted molar refractivity (Wildman–Crippen MR) is 94.1 cm³/mol. The van der Waals surface area contributed by atoms with Crippen LogP contribution < -0.4 is 14.8 Å². The molecule has 1 saturated heterocycles. The van der Waals surface area contributed by atoms with Crippen LogP contribution in [0.25, 0.3) is 0 Å². The van der Waals surface area contributed by atoms with E-state index in [2.05, 4.69) is 14.9 Å². The van der Waals surface area contributed by atoms with Crippen molar-refractivity contribution in [3.63, 3.8) is 0 Å². The number of methoxy groups -OCH3 is 1. The number of sulfonamides is 1. The maximum Gasteiger partial charge on any atom is 0.240 e. The highest BCUT2D eigenvalue weighted by molar-refractivity contribution is 7.89. The van der Waals surface area contributed by atoms with Crippen LogP contribution in [0, 0.1) is 0 Å². The minimum absolute atomic E-state index is 0.429. The summed E-state index contributed by atoms with van der Waals surface area (Å²) in [6, 6.07) is 3.48. The first kappa shape index (κ1) is 17.7. The summed E-state index contributed by atoms with van der Waals surface area (Å²) in [6.45, 7) is 5.08. The second-order valence-electron chi connectivity index (χ2n) is 6.42. The SMILES string of the molecule is COc1ccc(S(=O)(=O)NCCN2CCNCC2)c2c1CCCC2. The number of nitrogens with zero attached hydrogens (tertiary/aromatic N) is 1. The first-order chi connectivity index (χ1) is 11.6. The lowest BCUT2D eigenvalue weighted by molar-refractivity contribution is 0.245. The lowest BCUT2D eigenvalue weighted by Gasteiger charge is -2.27. The minimum Gasteiger partial charge on any atom is -0.496 e. The van der Waals surface area contributed by atoms with Crippen molar-refractivity contribution in [2.75, 3.05) is 46.4 Å². The van der Waals surface area contributed by atoms with Gasteiger partial charge in [-0.15, -0.1) is 0 Å². The van der Waals surface area contributed by atoms with E-state index >= 15 is 0 Å². The largest absolute Gasteiger partial charge is 0.496 e. The summed E-state index contributed by atoms with van der Waals surface area (Å²) < 4.78 is 33.7. The molecular formula is C17H27N3O3S. The van der Waals surface area contributed by atoms with Crippen molar-refractivity contribution >= 4 is 10.0 Å². The third kappa shape index (κ3) is 3.91. The molecule has 2 aliphatic rings. The van der Waals surface area contributed by atoms with Crippen molar-refractivity contribution in [2.45, 2.75) is 30.6 Å². The fourth-order valence-corrected chi connectivity index (χ4v) is 4.91. The Bertz CT molecular complexity index is 670. The van der Waals surface area contributed by atoms with Crippen LogP contribution in [-0.4, -0.2) is 59.7 Å². The average Bonchev–Trinajstić information content (AvgIpc) is 2.61. The Kier molecular flexibility index (Phi) is 5.76. The lowest BCUT2D eigenvalue weighted by Crippen LogP contribution is -2.46. The molecule has 0 amide bonds. The van der Waals surface area contributed by atoms with E-state index in [-0.39, 0.29) is 0 Å². The number of hydrogen-bond donors (Lipinski definition) is 2. The van der Waals surface area contributed by atoms with E-state index in [1.807, 2.05) is 0 Å². The maximum absolute atomic E-state index is 12.8. The average molecular weight is 353 g/mol. The molecule has 2 N–H and O–H groups in total. The van der Waals surface area contributed by atoms with Crippen molar-refractivity contribution in [2.24, 2.45) is 0 Å². The number of benzene rings is 1. The zero-order valence-electron chi connectivity index (χ0n) is 14.3. The van der Waals surface area contributed by atoms with E-state index in [1.54, 1.807) is 19.2 Å². The number of rotatable bonds is 6. The smallest absolute Gasteiger partial charge is 0.240 e. The fraction of sp³-hybridized carbons (Fsp3) is 0.647. The maximum atomic E-state index is 12.8. The van der Waals surface area contributed by atoms with Crippen molar-refractivity contribution in [3.05, 3.63) is 23.3 Å². The lowest BCUT2D eigenvalue weighted by atomic mass is 9.91. The first-order valence-corrected chi connectivity index (χ1v) is 10.2. The molecule has 24 heavy (non-hydrogen) atoms. The van der Waals surface area contributed by atoms with E-state index in [1.165, 1.54) is 0 Å². The molecule has 3 rings (SSSR count). The molecule has 0 atom stereocenters. The van der Waals surface area contributed by atoms with E-state index < -0.39 is 10.0 Å². The molecule has 6 nitrogen and oxygen atoms in total. The van der Waals surface area contributed by atoms with Crippen molar-refractivity contribution < 1.29 is 13.2 Å². The molecule has 1 fully saturated rings. The molecule has 0 aromatic heterocycles. The second-order valence-corrected chi connectivity index (χ2v) is 8.15. The van der Waals surface area contributed by atoms with Crippen molar-refractivity contribution in [1.82, 2.24) is 14.9 Å². The molecule has 1 heterocycles. The molecular weight excluding hydrogens is 326 g/mol. The van der Waals surface area contributed by atoms with Gasteiger partial charge in [0, 0.05) is 39.3 Å². The summed E-state index contributed by atoms with van der Waals surface area (Å²) in [5.74, 6) is 0.810. The van der Waals surface area contributed by atoms with Crippen LogP contribution >= 0.6 is 0 Å². The Morgan fingerprint density at radius 3 is 2.58 bits per heavy atom. The van der Waals surface area contributed by atoms with Gasteiger partial charge < -0.3 is 10.1 Å². The molecule has 0 saturated carbocycles. The monoisotopic (exact) mass is 353 g/mol. The number of nitrogens with one attached hydrogen (secondary N) is 2. The number of ether oxygens (including phenoxy) is 1. The van der Waals surface area contributed by atoms with Gasteiger partial charge in [0.15, 0.2) is 0 Å². The molecule has 134 valence electrons. The quantitative estimate of drug-likeness (QED) is 0.790. The van der Waals surface area contributed by atoms with Gasteiger partial charge in [-0.25, -0.2) is 13.1 Å².